The third-order valence-corrected chi connectivity index (χ3v) is 5.71. The number of amides is 3. The van der Waals surface area contributed by atoms with Crippen LogP contribution in [0.4, 0.5) is 14.9 Å². The molecule has 0 unspecified atom stereocenters. The number of carbonyl (C=O) groups excluding carboxylic acids is 2. The van der Waals surface area contributed by atoms with Gasteiger partial charge in [0, 0.05) is 36.1 Å². The molecule has 2 aromatic heterocycles. The number of anilines is 1. The minimum Gasteiger partial charge on any atom is -0.366 e. The molecule has 5 rings (SSSR count). The van der Waals surface area contributed by atoms with E-state index in [1.165, 1.54) is 12.1 Å². The van der Waals surface area contributed by atoms with Gasteiger partial charge < -0.3 is 20.9 Å². The number of fused-ring (bicyclic) bond motifs is 1. The van der Waals surface area contributed by atoms with Crippen LogP contribution < -0.4 is 11.1 Å². The predicted molar refractivity (Wildman–Crippen MR) is 123 cm³/mol. The maximum Gasteiger partial charge on any atom is 0.321 e. The molecule has 8 nitrogen and oxygen atoms in total. The zero-order valence-electron chi connectivity index (χ0n) is 17.6. The SMILES string of the molecule is NC(=O)c1ccc(-c2cnc3[nH]c(-c4cc(NC(=O)N5CCCC5)ccc4F)nc3c2)cc1. The molecule has 0 radical (unpaired) electrons. The van der Waals surface area contributed by atoms with Gasteiger partial charge in [-0.25, -0.2) is 19.2 Å². The molecule has 0 aliphatic carbocycles. The van der Waals surface area contributed by atoms with Crippen molar-refractivity contribution in [3.05, 3.63) is 66.1 Å². The molecule has 0 bridgehead atoms. The fraction of sp³-hybridized carbons (Fsp3) is 0.167. The van der Waals surface area contributed by atoms with Gasteiger partial charge in [-0.05, 0) is 54.8 Å². The molecule has 0 saturated carbocycles. The first-order chi connectivity index (χ1) is 16.0. The molecule has 1 saturated heterocycles. The summed E-state index contributed by atoms with van der Waals surface area (Å²) in [6.45, 7) is 1.45. The average molecular weight is 444 g/mol. The number of hydrogen-bond acceptors (Lipinski definition) is 4. The van der Waals surface area contributed by atoms with Crippen LogP contribution in [0.1, 0.15) is 23.2 Å². The number of aromatic nitrogens is 3. The average Bonchev–Trinajstić information content (AvgIpc) is 3.50. The van der Waals surface area contributed by atoms with Gasteiger partial charge in [0.05, 0.1) is 5.56 Å². The highest BCUT2D eigenvalue weighted by Crippen LogP contribution is 2.28. The van der Waals surface area contributed by atoms with Gasteiger partial charge in [-0.2, -0.15) is 0 Å². The van der Waals surface area contributed by atoms with Crippen LogP contribution in [-0.2, 0) is 0 Å². The van der Waals surface area contributed by atoms with Crippen LogP contribution in [0.25, 0.3) is 33.7 Å². The molecular weight excluding hydrogens is 423 g/mol. The Labute approximate surface area is 188 Å². The Balaban J connectivity index is 1.43. The number of hydrogen-bond donors (Lipinski definition) is 3. The van der Waals surface area contributed by atoms with Crippen molar-refractivity contribution in [2.45, 2.75) is 12.8 Å². The Morgan fingerprint density at radius 3 is 2.52 bits per heavy atom. The second kappa shape index (κ2) is 8.34. The first-order valence-corrected chi connectivity index (χ1v) is 10.6. The van der Waals surface area contributed by atoms with Gasteiger partial charge in [0.25, 0.3) is 0 Å². The van der Waals surface area contributed by atoms with E-state index in [0.717, 1.165) is 37.1 Å². The van der Waals surface area contributed by atoms with E-state index in [-0.39, 0.29) is 11.6 Å². The Morgan fingerprint density at radius 1 is 1.03 bits per heavy atom. The summed E-state index contributed by atoms with van der Waals surface area (Å²) in [6, 6.07) is 12.9. The second-order valence-corrected chi connectivity index (χ2v) is 7.94. The summed E-state index contributed by atoms with van der Waals surface area (Å²) in [5, 5.41) is 2.83. The number of imidazole rings is 1. The Hall–Kier alpha value is -4.27. The third-order valence-electron chi connectivity index (χ3n) is 5.71. The highest BCUT2D eigenvalue weighted by Gasteiger charge is 2.19. The smallest absolute Gasteiger partial charge is 0.321 e. The van der Waals surface area contributed by atoms with Crippen LogP contribution in [-0.4, -0.2) is 44.9 Å². The van der Waals surface area contributed by atoms with Crippen LogP contribution in [0.3, 0.4) is 0 Å². The number of aromatic amines is 1. The summed E-state index contributed by atoms with van der Waals surface area (Å²) in [4.78, 5) is 37.4. The number of pyridine rings is 1. The number of urea groups is 1. The molecule has 33 heavy (non-hydrogen) atoms. The zero-order chi connectivity index (χ0) is 22.9. The summed E-state index contributed by atoms with van der Waals surface area (Å²) in [6.07, 6.45) is 3.66. The number of nitrogens with two attached hydrogens (primary N) is 1. The number of likely N-dealkylation sites (tertiary alicyclic amines) is 1. The number of primary amides is 1. The number of rotatable bonds is 4. The lowest BCUT2D eigenvalue weighted by molar-refractivity contribution is 0.1000. The maximum absolute atomic E-state index is 14.6. The van der Waals surface area contributed by atoms with Crippen molar-refractivity contribution in [3.8, 4) is 22.5 Å². The van der Waals surface area contributed by atoms with Crippen LogP contribution >= 0.6 is 0 Å². The van der Waals surface area contributed by atoms with Crippen LogP contribution in [0, 0.1) is 5.82 Å². The number of H-pyrrole nitrogens is 1. The highest BCUT2D eigenvalue weighted by molar-refractivity contribution is 5.93. The van der Waals surface area contributed by atoms with Crippen LogP contribution in [0.2, 0.25) is 0 Å². The van der Waals surface area contributed by atoms with Gasteiger partial charge in [-0.3, -0.25) is 4.79 Å². The van der Waals surface area contributed by atoms with Gasteiger partial charge in [0.15, 0.2) is 5.65 Å². The standard InChI is InChI=1S/C24H21FN6O2/c25-19-8-7-17(28-24(33)31-9-1-2-10-31)12-18(19)22-29-20-11-16(13-27-23(20)30-22)14-3-5-15(6-4-14)21(26)32/h3-8,11-13H,1-2,9-10H2,(H2,26,32)(H,28,33)(H,27,29,30). The lowest BCUT2D eigenvalue weighted by Crippen LogP contribution is -2.32. The lowest BCUT2D eigenvalue weighted by atomic mass is 10.1. The fourth-order valence-electron chi connectivity index (χ4n) is 3.91. The third kappa shape index (κ3) is 4.12. The van der Waals surface area contributed by atoms with Crippen molar-refractivity contribution < 1.29 is 14.0 Å². The van der Waals surface area contributed by atoms with E-state index < -0.39 is 11.7 Å². The molecule has 0 atom stereocenters. The molecular formula is C24H21FN6O2. The van der Waals surface area contributed by atoms with E-state index in [9.17, 15) is 14.0 Å². The normalized spacial score (nSPS) is 13.4. The summed E-state index contributed by atoms with van der Waals surface area (Å²) in [7, 11) is 0. The van der Waals surface area contributed by atoms with E-state index in [1.54, 1.807) is 41.4 Å². The van der Waals surface area contributed by atoms with Gasteiger partial charge in [0.2, 0.25) is 5.91 Å². The minimum atomic E-state index is -0.493. The van der Waals surface area contributed by atoms with Gasteiger partial charge in [-0.1, -0.05) is 12.1 Å². The topological polar surface area (TPSA) is 117 Å². The zero-order valence-corrected chi connectivity index (χ0v) is 17.6. The maximum atomic E-state index is 14.6. The summed E-state index contributed by atoms with van der Waals surface area (Å²) in [5.41, 5.74) is 9.15. The molecule has 1 fully saturated rings. The van der Waals surface area contributed by atoms with Crippen molar-refractivity contribution in [3.63, 3.8) is 0 Å². The van der Waals surface area contributed by atoms with E-state index in [2.05, 4.69) is 20.3 Å². The molecule has 1 aliphatic heterocycles. The molecule has 4 aromatic rings. The summed E-state index contributed by atoms with van der Waals surface area (Å²) >= 11 is 0. The van der Waals surface area contributed by atoms with Crippen LogP contribution in [0.5, 0.6) is 0 Å². The van der Waals surface area contributed by atoms with Crippen LogP contribution in [0.15, 0.2) is 54.7 Å². The lowest BCUT2D eigenvalue weighted by Gasteiger charge is -2.16. The number of carbonyl (C=O) groups is 2. The number of nitrogens with one attached hydrogen (secondary N) is 2. The first-order valence-electron chi connectivity index (χ1n) is 10.6. The van der Waals surface area contributed by atoms with Gasteiger partial charge in [0.1, 0.15) is 17.2 Å². The molecule has 0 spiro atoms. The quantitative estimate of drug-likeness (QED) is 0.438. The molecule has 9 heteroatoms. The first kappa shape index (κ1) is 20.6. The van der Waals surface area contributed by atoms with E-state index in [0.29, 0.717) is 28.2 Å². The summed E-state index contributed by atoms with van der Waals surface area (Å²) < 4.78 is 14.6. The fourth-order valence-corrected chi connectivity index (χ4v) is 3.91. The molecule has 166 valence electrons. The van der Waals surface area contributed by atoms with Crippen molar-refractivity contribution in [1.29, 1.82) is 0 Å². The summed E-state index contributed by atoms with van der Waals surface area (Å²) in [5.74, 6) is -0.642. The molecule has 1 aliphatic rings. The molecule has 3 amide bonds. The molecule has 4 N–H and O–H groups in total. The van der Waals surface area contributed by atoms with Crippen molar-refractivity contribution >= 4 is 28.8 Å². The van der Waals surface area contributed by atoms with Gasteiger partial charge >= 0.3 is 6.03 Å². The van der Waals surface area contributed by atoms with E-state index >= 15 is 0 Å². The van der Waals surface area contributed by atoms with Crippen molar-refractivity contribution in [2.75, 3.05) is 18.4 Å². The number of halogens is 1. The van der Waals surface area contributed by atoms with Gasteiger partial charge in [-0.15, -0.1) is 0 Å². The monoisotopic (exact) mass is 444 g/mol. The Kier molecular flexibility index (Phi) is 5.21. The van der Waals surface area contributed by atoms with Crippen molar-refractivity contribution in [1.82, 2.24) is 19.9 Å². The van der Waals surface area contributed by atoms with E-state index in [4.69, 9.17) is 5.73 Å². The minimum absolute atomic E-state index is 0.191. The molecule has 3 heterocycles. The second-order valence-electron chi connectivity index (χ2n) is 7.94. The predicted octanol–water partition coefficient (Wildman–Crippen LogP) is 4.16. The van der Waals surface area contributed by atoms with E-state index in [1.807, 2.05) is 6.07 Å². The number of nitrogens with zero attached hydrogens (tertiary/aromatic N) is 3. The Morgan fingerprint density at radius 2 is 1.79 bits per heavy atom. The molecule has 2 aromatic carbocycles. The largest absolute Gasteiger partial charge is 0.366 e. The highest BCUT2D eigenvalue weighted by atomic mass is 19.1. The Bertz CT molecular complexity index is 1360. The number of benzene rings is 2. The van der Waals surface area contributed by atoms with Crippen molar-refractivity contribution in [2.24, 2.45) is 5.73 Å².